The van der Waals surface area contributed by atoms with Crippen molar-refractivity contribution in [1.29, 1.82) is 0 Å². The van der Waals surface area contributed by atoms with Gasteiger partial charge in [0, 0.05) is 49.8 Å². The van der Waals surface area contributed by atoms with Gasteiger partial charge < -0.3 is 0 Å². The maximum Gasteiger partial charge on any atom is 0.369 e. The van der Waals surface area contributed by atoms with Crippen LogP contribution in [-0.4, -0.2) is 22.8 Å². The molecule has 8 heterocycles. The molecular weight excluding hydrogens is 1300 g/mol. The maximum atomic E-state index is 2.36. The van der Waals surface area contributed by atoms with Gasteiger partial charge in [0.1, 0.15) is 44.3 Å². The summed E-state index contributed by atoms with van der Waals surface area (Å²) in [5, 5.41) is 11.8. The second kappa shape index (κ2) is 52.0. The van der Waals surface area contributed by atoms with Gasteiger partial charge in [0.05, 0.1) is 58.4 Å². The van der Waals surface area contributed by atoms with Crippen molar-refractivity contribution in [1.82, 2.24) is 22.8 Å². The molecule has 0 N–H and O–H groups in total. The highest BCUT2D eigenvalue weighted by atomic mass is 15.3. The first-order valence-corrected chi connectivity index (χ1v) is 40.1. The second-order valence-electron chi connectivity index (χ2n) is 21.7. The Morgan fingerprint density at radius 1 is 0.252 bits per heavy atom. The standard InChI is InChI=1S/2C19H17N2.C18H18N3.C17H15N2.12C2H6.CH4/c1-14-8-3-5-11-17(14)21-18-12-6-4-9-15(18)16-10-7-13-20(2)19(16)21;1-14-8-7-10-16-15-9-3-4-11-17(15)21(19(14)16)18-12-5-6-13-20(18)2;1-13-7-6-9-15-14-8-4-5-10-16(14)21(17(13)15)18-19(2)11-12-20(18)3;1-12-6-5-9-15-13-7-3-4-8-14(13)16-10-11-18(2)19(16)17(12)15;12*1-2;/h2*3-13H,1-2H3;4-12H,1-3H3;3-11H,1-2H3;12*1-2H3;1H4/q4*+1;;;;;;;;;;;;;. The molecule has 0 radical (unpaired) electrons. The number of hydrogen-bond donors (Lipinski definition) is 0. The molecule has 576 valence electrons. The Kier molecular flexibility index (Phi) is 47.0. The molecule has 9 heteroatoms. The van der Waals surface area contributed by atoms with E-state index in [-0.39, 0.29) is 7.43 Å². The lowest BCUT2D eigenvalue weighted by Gasteiger charge is -2.08. The topological polar surface area (TPSA) is 39.6 Å². The summed E-state index contributed by atoms with van der Waals surface area (Å²) in [6.45, 7) is 56.7. The van der Waals surface area contributed by atoms with E-state index in [4.69, 9.17) is 0 Å². The van der Waals surface area contributed by atoms with Gasteiger partial charge in [-0.25, -0.2) is 18.3 Å². The van der Waals surface area contributed by atoms with Gasteiger partial charge in [-0.3, -0.25) is 0 Å². The minimum Gasteiger partial charge on any atom is -0.237 e. The van der Waals surface area contributed by atoms with E-state index in [1.807, 2.05) is 166 Å². The van der Waals surface area contributed by atoms with E-state index in [0.29, 0.717) is 0 Å². The molecule has 0 saturated heterocycles. The van der Waals surface area contributed by atoms with Crippen LogP contribution in [0.1, 0.15) is 196 Å². The maximum absolute atomic E-state index is 2.36. The summed E-state index contributed by atoms with van der Waals surface area (Å²) in [7, 11) is 10.5. The molecule has 0 spiro atoms. The normalized spacial score (nSPS) is 9.47. The average Bonchev–Trinajstić information content (AvgIpc) is 1.69. The predicted molar refractivity (Wildman–Crippen MR) is 480 cm³/mol. The minimum atomic E-state index is 0. The molecule has 16 aromatic rings. The first kappa shape index (κ1) is 96.9. The van der Waals surface area contributed by atoms with Gasteiger partial charge in [0.25, 0.3) is 11.5 Å². The smallest absolute Gasteiger partial charge is 0.237 e. The van der Waals surface area contributed by atoms with Crippen LogP contribution in [-0.2, 0) is 35.2 Å². The Labute approximate surface area is 649 Å². The van der Waals surface area contributed by atoms with Crippen molar-refractivity contribution in [2.45, 2.75) is 201 Å². The van der Waals surface area contributed by atoms with Crippen LogP contribution < -0.4 is 18.4 Å². The number of rotatable bonds is 3. The average molecular weight is 1450 g/mol. The van der Waals surface area contributed by atoms with Gasteiger partial charge in [-0.1, -0.05) is 313 Å². The van der Waals surface area contributed by atoms with E-state index in [1.165, 1.54) is 126 Å². The van der Waals surface area contributed by atoms with Gasteiger partial charge in [-0.05, 0) is 116 Å². The lowest BCUT2D eigenvalue weighted by Crippen LogP contribution is -2.34. The molecule has 107 heavy (non-hydrogen) atoms. The third-order valence-corrected chi connectivity index (χ3v) is 16.5. The number of aryl methyl sites for hydroxylation is 9. The van der Waals surface area contributed by atoms with Gasteiger partial charge in [0.2, 0.25) is 0 Å². The first-order chi connectivity index (χ1) is 52.0. The Balaban J connectivity index is 0.00000127. The Hall–Kier alpha value is -10.1. The van der Waals surface area contributed by atoms with Crippen LogP contribution in [0, 0.1) is 27.7 Å². The quantitative estimate of drug-likeness (QED) is 0.125. The lowest BCUT2D eigenvalue weighted by molar-refractivity contribution is -0.735. The number of benzene rings is 8. The van der Waals surface area contributed by atoms with Gasteiger partial charge in [0.15, 0.2) is 13.2 Å². The molecule has 0 saturated carbocycles. The number of pyridine rings is 3. The fourth-order valence-electron chi connectivity index (χ4n) is 12.7. The summed E-state index contributed by atoms with van der Waals surface area (Å²) in [6.07, 6.45) is 10.5. The lowest BCUT2D eigenvalue weighted by atomic mass is 10.0. The highest BCUT2D eigenvalue weighted by Gasteiger charge is 2.26. The number of aromatic nitrogens is 9. The van der Waals surface area contributed by atoms with Crippen molar-refractivity contribution < 1.29 is 18.4 Å². The molecule has 16 rings (SSSR count). The van der Waals surface area contributed by atoms with E-state index in [2.05, 4.69) is 347 Å². The van der Waals surface area contributed by atoms with E-state index < -0.39 is 0 Å². The summed E-state index contributed by atoms with van der Waals surface area (Å²) < 4.78 is 20.2. The molecule has 0 fully saturated rings. The summed E-state index contributed by atoms with van der Waals surface area (Å²) in [6, 6.07) is 75.4. The molecule has 9 nitrogen and oxygen atoms in total. The number of para-hydroxylation sites is 7. The molecule has 0 atom stereocenters. The van der Waals surface area contributed by atoms with Gasteiger partial charge in [-0.15, -0.1) is 9.20 Å². The van der Waals surface area contributed by atoms with Crippen molar-refractivity contribution in [3.8, 4) is 17.5 Å². The molecular formula is C98H143N9+4. The van der Waals surface area contributed by atoms with Crippen LogP contribution >= 0.6 is 0 Å². The largest absolute Gasteiger partial charge is 0.369 e. The number of hydrogen-bond acceptors (Lipinski definition) is 0. The van der Waals surface area contributed by atoms with Crippen molar-refractivity contribution in [3.63, 3.8) is 0 Å². The van der Waals surface area contributed by atoms with Crippen molar-refractivity contribution in [3.05, 3.63) is 266 Å². The Bertz CT molecular complexity index is 4940. The van der Waals surface area contributed by atoms with Crippen LogP contribution in [0.2, 0.25) is 0 Å². The van der Waals surface area contributed by atoms with Crippen molar-refractivity contribution in [2.24, 2.45) is 35.2 Å². The van der Waals surface area contributed by atoms with Crippen LogP contribution in [0.5, 0.6) is 0 Å². The second-order valence-corrected chi connectivity index (χ2v) is 21.7. The molecule has 8 aromatic carbocycles. The van der Waals surface area contributed by atoms with Gasteiger partial charge >= 0.3 is 5.95 Å². The SMILES string of the molecule is C.CC.CC.CC.CC.CC.CC.CC.CC.CC.CC.CC.CC.Cc1cccc2c3ccccc3c3cc[n+](C)n3c12.Cc1cccc2c3ccccc3n(-c3cccc[n+]3C)c12.Cc1cccc2c3ccccc3n(-c3n(C)cc[n+]3C)c12.Cc1ccccc1-n1c2ccccc2c2ccc[n+](C)c21. The van der Waals surface area contributed by atoms with E-state index >= 15 is 0 Å². The Morgan fingerprint density at radius 2 is 0.598 bits per heavy atom. The molecule has 0 aliphatic rings. The highest BCUT2D eigenvalue weighted by Crippen LogP contribution is 2.36. The van der Waals surface area contributed by atoms with E-state index in [9.17, 15) is 0 Å². The molecule has 0 aliphatic carbocycles. The predicted octanol–water partition coefficient (Wildman–Crippen LogP) is 27.4. The van der Waals surface area contributed by atoms with Crippen LogP contribution in [0.25, 0.3) is 110 Å². The first-order valence-electron chi connectivity index (χ1n) is 40.1. The van der Waals surface area contributed by atoms with Crippen LogP contribution in [0.3, 0.4) is 0 Å². The third-order valence-electron chi connectivity index (χ3n) is 16.5. The fraction of sp³-hybridized carbons (Fsp3) is 0.347. The highest BCUT2D eigenvalue weighted by molar-refractivity contribution is 6.13. The zero-order valence-electron chi connectivity index (χ0n) is 72.1. The summed E-state index contributed by atoms with van der Waals surface area (Å²) in [4.78, 5) is 0. The minimum absolute atomic E-state index is 0. The summed E-state index contributed by atoms with van der Waals surface area (Å²) in [5.74, 6) is 2.34. The number of nitrogens with zero attached hydrogens (tertiary/aromatic N) is 9. The zero-order chi connectivity index (χ0) is 80.3. The van der Waals surface area contributed by atoms with E-state index in [0.717, 1.165) is 5.95 Å². The van der Waals surface area contributed by atoms with Crippen molar-refractivity contribution in [2.75, 3.05) is 0 Å². The molecule has 0 unspecified atom stereocenters. The van der Waals surface area contributed by atoms with E-state index in [1.54, 1.807) is 0 Å². The molecule has 0 bridgehead atoms. The van der Waals surface area contributed by atoms with Crippen molar-refractivity contribution >= 4 is 92.7 Å². The summed E-state index contributed by atoms with van der Waals surface area (Å²) >= 11 is 0. The fourth-order valence-corrected chi connectivity index (χ4v) is 12.7. The van der Waals surface area contributed by atoms with Crippen LogP contribution in [0.15, 0.2) is 243 Å². The summed E-state index contributed by atoms with van der Waals surface area (Å²) in [5.41, 5.74) is 16.5. The monoisotopic (exact) mass is 1450 g/mol. The third kappa shape index (κ3) is 21.6. The Morgan fingerprint density at radius 3 is 1.06 bits per heavy atom. The number of imidazole rings is 1. The van der Waals surface area contributed by atoms with Gasteiger partial charge in [-0.2, -0.15) is 13.7 Å². The molecule has 0 aliphatic heterocycles. The van der Waals surface area contributed by atoms with Crippen LogP contribution in [0.4, 0.5) is 0 Å². The number of fused-ring (bicyclic) bond motifs is 15. The molecule has 8 aromatic heterocycles. The molecule has 0 amide bonds. The zero-order valence-corrected chi connectivity index (χ0v) is 72.1.